The zero-order valence-corrected chi connectivity index (χ0v) is 17.2. The van der Waals surface area contributed by atoms with Crippen LogP contribution in [0.25, 0.3) is 23.0 Å². The van der Waals surface area contributed by atoms with Crippen molar-refractivity contribution in [3.63, 3.8) is 0 Å². The number of hydrogen-bond acceptors (Lipinski definition) is 6. The number of halogens is 1. The fourth-order valence-electron chi connectivity index (χ4n) is 3.71. The van der Waals surface area contributed by atoms with Crippen LogP contribution in [0.4, 0.5) is 4.39 Å². The van der Waals surface area contributed by atoms with Crippen LogP contribution in [-0.2, 0) is 20.0 Å². The van der Waals surface area contributed by atoms with E-state index in [9.17, 15) is 9.18 Å². The molecule has 1 aromatic carbocycles. The van der Waals surface area contributed by atoms with Gasteiger partial charge in [0.1, 0.15) is 5.82 Å². The summed E-state index contributed by atoms with van der Waals surface area (Å²) < 4.78 is 20.8. The maximum absolute atomic E-state index is 13.5. The Morgan fingerprint density at radius 2 is 2.13 bits per heavy atom. The van der Waals surface area contributed by atoms with Crippen LogP contribution in [0.2, 0.25) is 0 Å². The highest BCUT2D eigenvalue weighted by Gasteiger charge is 2.30. The van der Waals surface area contributed by atoms with Crippen LogP contribution in [0.1, 0.15) is 25.8 Å². The fraction of sp³-hybridized carbons (Fsp3) is 0.238. The lowest BCUT2D eigenvalue weighted by atomic mass is 10.0. The molecule has 9 heteroatoms. The van der Waals surface area contributed by atoms with Crippen molar-refractivity contribution in [2.24, 2.45) is 7.05 Å². The largest absolute Gasteiger partial charge is 0.333 e. The first-order chi connectivity index (χ1) is 14.5. The number of thiophene rings is 1. The molecule has 30 heavy (non-hydrogen) atoms. The van der Waals surface area contributed by atoms with Gasteiger partial charge in [0.2, 0.25) is 5.82 Å². The Bertz CT molecular complexity index is 1260. The fourth-order valence-corrected chi connectivity index (χ4v) is 4.54. The lowest BCUT2D eigenvalue weighted by molar-refractivity contribution is 0.0738. The van der Waals surface area contributed by atoms with Gasteiger partial charge in [-0.2, -0.15) is 10.1 Å². The van der Waals surface area contributed by atoms with E-state index in [0.29, 0.717) is 36.6 Å². The quantitative estimate of drug-likeness (QED) is 0.500. The molecule has 1 aliphatic heterocycles. The molecule has 4 heterocycles. The number of benzene rings is 1. The summed E-state index contributed by atoms with van der Waals surface area (Å²) in [5.41, 5.74) is 3.03. The number of carbonyl (C=O) groups excluding carboxylic acids is 1. The highest BCUT2D eigenvalue weighted by atomic mass is 32.1. The van der Waals surface area contributed by atoms with E-state index in [0.717, 1.165) is 21.0 Å². The molecule has 0 saturated heterocycles. The van der Waals surface area contributed by atoms with Crippen LogP contribution < -0.4 is 0 Å². The van der Waals surface area contributed by atoms with Gasteiger partial charge in [-0.1, -0.05) is 17.3 Å². The van der Waals surface area contributed by atoms with E-state index in [1.807, 2.05) is 31.0 Å². The summed E-state index contributed by atoms with van der Waals surface area (Å²) in [5.74, 6) is 0.195. The monoisotopic (exact) mass is 423 g/mol. The second kappa shape index (κ2) is 7.17. The van der Waals surface area contributed by atoms with E-state index >= 15 is 0 Å². The van der Waals surface area contributed by atoms with Crippen molar-refractivity contribution in [3.05, 3.63) is 63.2 Å². The molecule has 0 fully saturated rings. The van der Waals surface area contributed by atoms with Gasteiger partial charge in [-0.15, -0.1) is 11.3 Å². The van der Waals surface area contributed by atoms with E-state index in [1.165, 1.54) is 23.5 Å². The SMILES string of the molecule is Cc1ccc(C(=O)N2CCc3c(c(-c4nc(-c5cccc(F)c5)no4)nn3C)C2)s1. The van der Waals surface area contributed by atoms with Crippen LogP contribution in [0.15, 0.2) is 40.9 Å². The van der Waals surface area contributed by atoms with Crippen LogP contribution in [-0.4, -0.2) is 37.3 Å². The van der Waals surface area contributed by atoms with E-state index in [1.54, 1.807) is 16.8 Å². The minimum Gasteiger partial charge on any atom is -0.333 e. The Kier molecular flexibility index (Phi) is 4.47. The van der Waals surface area contributed by atoms with Gasteiger partial charge in [0.05, 0.1) is 11.4 Å². The summed E-state index contributed by atoms with van der Waals surface area (Å²) in [4.78, 5) is 21.0. The molecule has 0 N–H and O–H groups in total. The van der Waals surface area contributed by atoms with E-state index < -0.39 is 0 Å². The highest BCUT2D eigenvalue weighted by molar-refractivity contribution is 7.13. The summed E-state index contributed by atoms with van der Waals surface area (Å²) >= 11 is 1.50. The number of carbonyl (C=O) groups is 1. The molecule has 152 valence electrons. The third-order valence-corrected chi connectivity index (χ3v) is 6.18. The molecule has 0 atom stereocenters. The average Bonchev–Trinajstić information content (AvgIpc) is 3.46. The van der Waals surface area contributed by atoms with E-state index in [2.05, 4.69) is 15.2 Å². The summed E-state index contributed by atoms with van der Waals surface area (Å²) in [6.45, 7) is 3.03. The topological polar surface area (TPSA) is 77.1 Å². The van der Waals surface area contributed by atoms with Gasteiger partial charge in [-0.3, -0.25) is 9.48 Å². The number of aryl methyl sites for hydroxylation is 2. The maximum Gasteiger partial charge on any atom is 0.279 e. The van der Waals surface area contributed by atoms with Gasteiger partial charge < -0.3 is 9.42 Å². The van der Waals surface area contributed by atoms with Gasteiger partial charge in [0.25, 0.3) is 11.8 Å². The molecule has 1 amide bonds. The maximum atomic E-state index is 13.5. The number of fused-ring (bicyclic) bond motifs is 1. The molecule has 0 saturated carbocycles. The number of amides is 1. The Morgan fingerprint density at radius 1 is 1.27 bits per heavy atom. The summed E-state index contributed by atoms with van der Waals surface area (Å²) in [7, 11) is 1.87. The van der Waals surface area contributed by atoms with Crippen molar-refractivity contribution < 1.29 is 13.7 Å². The third-order valence-electron chi connectivity index (χ3n) is 5.19. The molecule has 0 spiro atoms. The van der Waals surface area contributed by atoms with Gasteiger partial charge in [-0.25, -0.2) is 4.39 Å². The van der Waals surface area contributed by atoms with E-state index in [4.69, 9.17) is 4.52 Å². The normalized spacial score (nSPS) is 13.5. The van der Waals surface area contributed by atoms with Crippen molar-refractivity contribution in [1.82, 2.24) is 24.8 Å². The Hall–Kier alpha value is -3.33. The zero-order valence-electron chi connectivity index (χ0n) is 16.4. The number of aromatic nitrogens is 4. The predicted octanol–water partition coefficient (Wildman–Crippen LogP) is 3.84. The van der Waals surface area contributed by atoms with Crippen molar-refractivity contribution in [2.75, 3.05) is 6.54 Å². The first kappa shape index (κ1) is 18.7. The molecule has 7 nitrogen and oxygen atoms in total. The van der Waals surface area contributed by atoms with Crippen LogP contribution in [0.5, 0.6) is 0 Å². The van der Waals surface area contributed by atoms with Gasteiger partial charge in [-0.05, 0) is 31.2 Å². The number of nitrogens with zero attached hydrogens (tertiary/aromatic N) is 5. The summed E-state index contributed by atoms with van der Waals surface area (Å²) in [5, 5.41) is 8.55. The predicted molar refractivity (Wildman–Crippen MR) is 109 cm³/mol. The van der Waals surface area contributed by atoms with Crippen molar-refractivity contribution in [1.29, 1.82) is 0 Å². The zero-order chi connectivity index (χ0) is 20.8. The summed E-state index contributed by atoms with van der Waals surface area (Å²) in [6.07, 6.45) is 0.694. The molecular weight excluding hydrogens is 405 g/mol. The van der Waals surface area contributed by atoms with Gasteiger partial charge >= 0.3 is 0 Å². The highest BCUT2D eigenvalue weighted by Crippen LogP contribution is 2.31. The van der Waals surface area contributed by atoms with Crippen LogP contribution in [0, 0.1) is 12.7 Å². The smallest absolute Gasteiger partial charge is 0.279 e. The minimum atomic E-state index is -0.368. The second-order valence-corrected chi connectivity index (χ2v) is 8.51. The molecular formula is C21H18FN5O2S. The van der Waals surface area contributed by atoms with Gasteiger partial charge in [0.15, 0.2) is 5.69 Å². The first-order valence-electron chi connectivity index (χ1n) is 9.50. The molecule has 0 bridgehead atoms. The molecule has 1 aliphatic rings. The Balaban J connectivity index is 1.47. The molecule has 3 aromatic heterocycles. The minimum absolute atomic E-state index is 0.0135. The Labute approximate surface area is 175 Å². The van der Waals surface area contributed by atoms with Gasteiger partial charge in [0, 0.05) is 41.7 Å². The first-order valence-corrected chi connectivity index (χ1v) is 10.3. The Morgan fingerprint density at radius 3 is 2.90 bits per heavy atom. The summed E-state index contributed by atoms with van der Waals surface area (Å²) in [6, 6.07) is 9.85. The second-order valence-electron chi connectivity index (χ2n) is 7.22. The standard InChI is InChI=1S/C21H18FN5O2S/c1-12-6-7-17(30-12)21(28)27-9-8-16-15(11-27)18(24-26(16)2)20-23-19(25-29-20)13-4-3-5-14(22)10-13/h3-7,10H,8-9,11H2,1-2H3. The molecule has 0 aliphatic carbocycles. The van der Waals surface area contributed by atoms with E-state index in [-0.39, 0.29) is 17.6 Å². The third kappa shape index (κ3) is 3.21. The van der Waals surface area contributed by atoms with Crippen molar-refractivity contribution in [2.45, 2.75) is 19.9 Å². The van der Waals surface area contributed by atoms with Crippen LogP contribution in [0.3, 0.4) is 0 Å². The number of rotatable bonds is 3. The molecule has 5 rings (SSSR count). The molecule has 0 radical (unpaired) electrons. The average molecular weight is 423 g/mol. The molecule has 0 unspecified atom stereocenters. The number of hydrogen-bond donors (Lipinski definition) is 0. The lowest BCUT2D eigenvalue weighted by Crippen LogP contribution is -2.36. The molecule has 4 aromatic rings. The van der Waals surface area contributed by atoms with Crippen LogP contribution >= 0.6 is 11.3 Å². The lowest BCUT2D eigenvalue weighted by Gasteiger charge is -2.27. The van der Waals surface area contributed by atoms with Crippen molar-refractivity contribution in [3.8, 4) is 23.0 Å². The van der Waals surface area contributed by atoms with Crippen molar-refractivity contribution >= 4 is 17.2 Å².